The molecular formula is C17H23ClN4OS. The molecule has 2 aliphatic rings. The molecule has 0 radical (unpaired) electrons. The number of benzene rings is 1. The van der Waals surface area contributed by atoms with Gasteiger partial charge in [0.05, 0.1) is 6.04 Å². The topological polar surface area (TPSA) is 47.6 Å². The molecule has 1 aromatic carbocycles. The molecule has 0 aliphatic carbocycles. The average molecular weight is 367 g/mol. The zero-order chi connectivity index (χ0) is 15.8. The van der Waals surface area contributed by atoms with Crippen LogP contribution >= 0.6 is 23.7 Å². The maximum Gasteiger partial charge on any atom is 0.251 e. The lowest BCUT2D eigenvalue weighted by Gasteiger charge is -2.34. The van der Waals surface area contributed by atoms with E-state index in [0.717, 1.165) is 39.1 Å². The summed E-state index contributed by atoms with van der Waals surface area (Å²) in [5, 5.41) is 6.75. The summed E-state index contributed by atoms with van der Waals surface area (Å²) in [5.41, 5.74) is 4.44. The summed E-state index contributed by atoms with van der Waals surface area (Å²) in [5.74, 6) is 0.0930. The molecule has 3 heterocycles. The quantitative estimate of drug-likeness (QED) is 0.848. The number of rotatable bonds is 2. The molecule has 24 heavy (non-hydrogen) atoms. The smallest absolute Gasteiger partial charge is 0.251 e. The van der Waals surface area contributed by atoms with Crippen LogP contribution in [0, 0.1) is 0 Å². The van der Waals surface area contributed by atoms with E-state index in [9.17, 15) is 4.79 Å². The summed E-state index contributed by atoms with van der Waals surface area (Å²) >= 11 is 1.84. The zero-order valence-electron chi connectivity index (χ0n) is 13.7. The third-order valence-corrected chi connectivity index (χ3v) is 6.00. The van der Waals surface area contributed by atoms with Gasteiger partial charge in [0, 0.05) is 42.3 Å². The molecule has 4 rings (SSSR count). The maximum absolute atomic E-state index is 12.6. The average Bonchev–Trinajstić information content (AvgIpc) is 2.94. The third-order valence-electron chi connectivity index (χ3n) is 4.79. The molecule has 2 aromatic rings. The number of hydrogen-bond donors (Lipinski definition) is 2. The summed E-state index contributed by atoms with van der Waals surface area (Å²) in [7, 11) is 2.12. The van der Waals surface area contributed by atoms with Crippen LogP contribution in [0.5, 0.6) is 0 Å². The Bertz CT molecular complexity index is 726. The fourth-order valence-electron chi connectivity index (χ4n) is 3.35. The normalized spacial score (nSPS) is 22.0. The summed E-state index contributed by atoms with van der Waals surface area (Å²) in [6.07, 6.45) is 0.777. The highest BCUT2D eigenvalue weighted by molar-refractivity contribution is 7.19. The van der Waals surface area contributed by atoms with Crippen molar-refractivity contribution in [1.82, 2.24) is 20.7 Å². The zero-order valence-corrected chi connectivity index (χ0v) is 15.4. The van der Waals surface area contributed by atoms with Crippen molar-refractivity contribution in [3.05, 3.63) is 34.7 Å². The van der Waals surface area contributed by atoms with Gasteiger partial charge < -0.3 is 10.2 Å². The minimum absolute atomic E-state index is 0. The van der Waals surface area contributed by atoms with Crippen molar-refractivity contribution < 1.29 is 4.79 Å². The molecule has 1 aromatic heterocycles. The number of halogens is 1. The lowest BCUT2D eigenvalue weighted by Crippen LogP contribution is -2.57. The molecule has 1 fully saturated rings. The second-order valence-corrected chi connectivity index (χ2v) is 7.54. The third kappa shape index (κ3) is 3.43. The number of carbonyl (C=O) groups is 1. The van der Waals surface area contributed by atoms with Crippen LogP contribution in [0.1, 0.15) is 10.4 Å². The highest BCUT2D eigenvalue weighted by atomic mass is 35.5. The van der Waals surface area contributed by atoms with E-state index in [4.69, 9.17) is 0 Å². The lowest BCUT2D eigenvalue weighted by molar-refractivity contribution is -0.129. The molecule has 130 valence electrons. The van der Waals surface area contributed by atoms with E-state index < -0.39 is 0 Å². The number of nitrogens with one attached hydrogen (secondary N) is 2. The Morgan fingerprint density at radius 1 is 1.25 bits per heavy atom. The van der Waals surface area contributed by atoms with E-state index in [1.807, 2.05) is 16.3 Å². The molecule has 0 saturated carbocycles. The minimum atomic E-state index is -0.139. The Morgan fingerprint density at radius 3 is 2.79 bits per heavy atom. The Kier molecular flexibility index (Phi) is 5.42. The van der Waals surface area contributed by atoms with Gasteiger partial charge >= 0.3 is 0 Å². The van der Waals surface area contributed by atoms with Gasteiger partial charge in [0.1, 0.15) is 0 Å². The van der Waals surface area contributed by atoms with Gasteiger partial charge in [-0.2, -0.15) is 0 Å². The van der Waals surface area contributed by atoms with Crippen molar-refractivity contribution in [2.45, 2.75) is 19.0 Å². The summed E-state index contributed by atoms with van der Waals surface area (Å²) in [6, 6.07) is 8.36. The van der Waals surface area contributed by atoms with Gasteiger partial charge in [0.25, 0.3) is 5.91 Å². The first kappa shape index (κ1) is 17.6. The molecular weight excluding hydrogens is 344 g/mol. The van der Waals surface area contributed by atoms with Gasteiger partial charge in [0.15, 0.2) is 0 Å². The standard InChI is InChI=1S/C17H22N4OS.ClH/c1-20-6-8-21(9-7-20)19-17(22)14-10-13-12-4-2-3-5-15(12)23-16(13)11-18-14;/h2-5,14,18H,6-11H2,1H3,(H,19,22);1H/t14-;/m1./s1. The first-order valence-electron chi connectivity index (χ1n) is 8.17. The molecule has 7 heteroatoms. The number of piperazine rings is 1. The van der Waals surface area contributed by atoms with E-state index in [0.29, 0.717) is 0 Å². The van der Waals surface area contributed by atoms with Crippen LogP contribution in [0.4, 0.5) is 0 Å². The molecule has 2 N–H and O–H groups in total. The molecule has 2 aliphatic heterocycles. The second kappa shape index (κ2) is 7.37. The van der Waals surface area contributed by atoms with Crippen LogP contribution in [-0.2, 0) is 17.8 Å². The number of thiophene rings is 1. The van der Waals surface area contributed by atoms with Crippen LogP contribution in [0.3, 0.4) is 0 Å². The van der Waals surface area contributed by atoms with Gasteiger partial charge in [-0.3, -0.25) is 10.2 Å². The number of fused-ring (bicyclic) bond motifs is 3. The van der Waals surface area contributed by atoms with E-state index in [1.54, 1.807) is 0 Å². The van der Waals surface area contributed by atoms with E-state index >= 15 is 0 Å². The number of likely N-dealkylation sites (N-methyl/N-ethyl adjacent to an activating group) is 1. The molecule has 1 atom stereocenters. The van der Waals surface area contributed by atoms with Crippen LogP contribution < -0.4 is 10.7 Å². The number of nitrogens with zero attached hydrogens (tertiary/aromatic N) is 2. The Morgan fingerprint density at radius 2 is 2.00 bits per heavy atom. The van der Waals surface area contributed by atoms with E-state index in [1.165, 1.54) is 20.5 Å². The van der Waals surface area contributed by atoms with Gasteiger partial charge in [0.2, 0.25) is 0 Å². The van der Waals surface area contributed by atoms with Gasteiger partial charge in [-0.25, -0.2) is 5.01 Å². The lowest BCUT2D eigenvalue weighted by atomic mass is 9.98. The second-order valence-electron chi connectivity index (χ2n) is 6.40. The SMILES string of the molecule is CN1CCN(NC(=O)[C@H]2Cc3c(sc4ccccc34)CN2)CC1.Cl. The largest absolute Gasteiger partial charge is 0.304 e. The summed E-state index contributed by atoms with van der Waals surface area (Å²) in [4.78, 5) is 16.2. The van der Waals surface area contributed by atoms with Crippen LogP contribution in [0.25, 0.3) is 10.1 Å². The molecule has 0 unspecified atom stereocenters. The highest BCUT2D eigenvalue weighted by Gasteiger charge is 2.28. The van der Waals surface area contributed by atoms with Crippen molar-refractivity contribution in [2.24, 2.45) is 0 Å². The summed E-state index contributed by atoms with van der Waals surface area (Å²) in [6.45, 7) is 4.56. The van der Waals surface area contributed by atoms with Crippen LogP contribution in [0.15, 0.2) is 24.3 Å². The van der Waals surface area contributed by atoms with Gasteiger partial charge in [-0.15, -0.1) is 23.7 Å². The maximum atomic E-state index is 12.6. The Balaban J connectivity index is 0.00000169. The van der Waals surface area contributed by atoms with Crippen molar-refractivity contribution in [2.75, 3.05) is 33.2 Å². The van der Waals surface area contributed by atoms with Crippen LogP contribution in [0.2, 0.25) is 0 Å². The predicted octanol–water partition coefficient (Wildman–Crippen LogP) is 1.62. The van der Waals surface area contributed by atoms with Crippen molar-refractivity contribution >= 4 is 39.7 Å². The highest BCUT2D eigenvalue weighted by Crippen LogP contribution is 2.34. The van der Waals surface area contributed by atoms with Gasteiger partial charge in [-0.05, 0) is 30.5 Å². The monoisotopic (exact) mass is 366 g/mol. The van der Waals surface area contributed by atoms with Crippen molar-refractivity contribution in [1.29, 1.82) is 0 Å². The predicted molar refractivity (Wildman–Crippen MR) is 101 cm³/mol. The molecule has 1 saturated heterocycles. The Hall–Kier alpha value is -1.18. The number of carbonyl (C=O) groups excluding carboxylic acids is 1. The number of amides is 1. The van der Waals surface area contributed by atoms with Crippen molar-refractivity contribution in [3.8, 4) is 0 Å². The van der Waals surface area contributed by atoms with Crippen LogP contribution in [-0.4, -0.2) is 55.1 Å². The first-order valence-corrected chi connectivity index (χ1v) is 8.99. The molecule has 0 spiro atoms. The van der Waals surface area contributed by atoms with Crippen molar-refractivity contribution in [3.63, 3.8) is 0 Å². The molecule has 5 nitrogen and oxygen atoms in total. The molecule has 0 bridgehead atoms. The number of hydrazine groups is 1. The fourth-order valence-corrected chi connectivity index (χ4v) is 4.53. The Labute approximate surface area is 152 Å². The van der Waals surface area contributed by atoms with E-state index in [-0.39, 0.29) is 24.4 Å². The summed E-state index contributed by atoms with van der Waals surface area (Å²) < 4.78 is 1.32. The van der Waals surface area contributed by atoms with E-state index in [2.05, 4.69) is 47.0 Å². The first-order chi connectivity index (χ1) is 11.2. The minimum Gasteiger partial charge on any atom is -0.304 e. The van der Waals surface area contributed by atoms with Gasteiger partial charge in [-0.1, -0.05) is 18.2 Å². The fraction of sp³-hybridized carbons (Fsp3) is 0.471. The molecule has 1 amide bonds. The number of hydrogen-bond acceptors (Lipinski definition) is 5.